The fraction of sp³-hybridized carbons (Fsp3) is 0.667. The summed E-state index contributed by atoms with van der Waals surface area (Å²) in [6.45, 7) is 12.0. The van der Waals surface area contributed by atoms with Crippen molar-refractivity contribution in [2.45, 2.75) is 65.5 Å². The van der Waals surface area contributed by atoms with Gasteiger partial charge in [0, 0.05) is 43.1 Å². The number of carbonyl (C=O) groups excluding carboxylic acids is 2. The molecule has 0 N–H and O–H groups in total. The first-order valence-corrected chi connectivity index (χ1v) is 11.0. The van der Waals surface area contributed by atoms with Gasteiger partial charge in [0.05, 0.1) is 6.54 Å². The van der Waals surface area contributed by atoms with E-state index in [4.69, 9.17) is 0 Å². The fourth-order valence-electron chi connectivity index (χ4n) is 4.75. The SMILES string of the molecule is CC(C)CC(=O)CN1C[C@@H]2C[C@H]1CN2CCCc1cccc(C(=O)C(C)C)c1. The molecule has 154 valence electrons. The van der Waals surface area contributed by atoms with Gasteiger partial charge in [-0.3, -0.25) is 19.4 Å². The summed E-state index contributed by atoms with van der Waals surface area (Å²) in [5.74, 6) is 1.12. The predicted octanol–water partition coefficient (Wildman–Crippen LogP) is 3.83. The van der Waals surface area contributed by atoms with E-state index in [9.17, 15) is 9.59 Å². The highest BCUT2D eigenvalue weighted by molar-refractivity contribution is 5.97. The van der Waals surface area contributed by atoms with Crippen LogP contribution in [0.5, 0.6) is 0 Å². The van der Waals surface area contributed by atoms with Gasteiger partial charge in [-0.1, -0.05) is 45.9 Å². The fourth-order valence-corrected chi connectivity index (χ4v) is 4.75. The van der Waals surface area contributed by atoms with Crippen molar-refractivity contribution in [3.05, 3.63) is 35.4 Å². The topological polar surface area (TPSA) is 40.6 Å². The third-order valence-electron chi connectivity index (χ3n) is 6.13. The Hall–Kier alpha value is -1.52. The van der Waals surface area contributed by atoms with Gasteiger partial charge in [-0.25, -0.2) is 0 Å². The molecule has 4 nitrogen and oxygen atoms in total. The summed E-state index contributed by atoms with van der Waals surface area (Å²) in [6.07, 6.45) is 4.06. The van der Waals surface area contributed by atoms with Gasteiger partial charge in [0.2, 0.25) is 0 Å². The Balaban J connectivity index is 1.43. The Bertz CT molecular complexity index is 698. The summed E-state index contributed by atoms with van der Waals surface area (Å²) in [5, 5.41) is 0. The number of hydrogen-bond acceptors (Lipinski definition) is 4. The Morgan fingerprint density at radius 3 is 2.43 bits per heavy atom. The van der Waals surface area contributed by atoms with Crippen molar-refractivity contribution in [2.24, 2.45) is 11.8 Å². The second kappa shape index (κ2) is 9.32. The monoisotopic (exact) mass is 384 g/mol. The lowest BCUT2D eigenvalue weighted by atomic mass is 9.98. The number of nitrogens with zero attached hydrogens (tertiary/aromatic N) is 2. The number of Topliss-reactive ketones (excluding diaryl/α,β-unsaturated/α-hetero) is 2. The maximum absolute atomic E-state index is 12.2. The molecule has 0 spiro atoms. The molecule has 1 aromatic rings. The van der Waals surface area contributed by atoms with Crippen molar-refractivity contribution in [3.63, 3.8) is 0 Å². The Labute approximate surface area is 170 Å². The molecule has 2 aliphatic heterocycles. The highest BCUT2D eigenvalue weighted by Crippen LogP contribution is 2.30. The van der Waals surface area contributed by atoms with E-state index < -0.39 is 0 Å². The number of rotatable bonds is 10. The molecular weight excluding hydrogens is 348 g/mol. The molecule has 0 amide bonds. The molecule has 2 fully saturated rings. The summed E-state index contributed by atoms with van der Waals surface area (Å²) in [4.78, 5) is 29.3. The third-order valence-corrected chi connectivity index (χ3v) is 6.13. The van der Waals surface area contributed by atoms with Crippen molar-refractivity contribution < 1.29 is 9.59 Å². The number of hydrogen-bond donors (Lipinski definition) is 0. The van der Waals surface area contributed by atoms with Crippen LogP contribution in [0.1, 0.15) is 62.9 Å². The van der Waals surface area contributed by atoms with Crippen LogP contribution in [0.25, 0.3) is 0 Å². The Morgan fingerprint density at radius 2 is 1.79 bits per heavy atom. The van der Waals surface area contributed by atoms with Crippen molar-refractivity contribution >= 4 is 11.6 Å². The maximum Gasteiger partial charge on any atom is 0.165 e. The molecule has 0 aromatic heterocycles. The molecule has 28 heavy (non-hydrogen) atoms. The first kappa shape index (κ1) is 21.2. The van der Waals surface area contributed by atoms with E-state index in [-0.39, 0.29) is 11.7 Å². The Morgan fingerprint density at radius 1 is 1.07 bits per heavy atom. The summed E-state index contributed by atoms with van der Waals surface area (Å²) in [5.41, 5.74) is 2.10. The minimum absolute atomic E-state index is 0.0470. The van der Waals surface area contributed by atoms with Crippen molar-refractivity contribution in [1.29, 1.82) is 0 Å². The average molecular weight is 385 g/mol. The van der Waals surface area contributed by atoms with Crippen LogP contribution in [0, 0.1) is 11.8 Å². The highest BCUT2D eigenvalue weighted by Gasteiger charge is 2.43. The van der Waals surface area contributed by atoms with E-state index in [1.54, 1.807) is 0 Å². The van der Waals surface area contributed by atoms with Gasteiger partial charge < -0.3 is 0 Å². The number of likely N-dealkylation sites (tertiary alicyclic amines) is 2. The molecule has 0 unspecified atom stereocenters. The molecule has 2 heterocycles. The predicted molar refractivity (Wildman–Crippen MR) is 114 cm³/mol. The van der Waals surface area contributed by atoms with Crippen LogP contribution >= 0.6 is 0 Å². The highest BCUT2D eigenvalue weighted by atomic mass is 16.1. The first-order chi connectivity index (χ1) is 13.3. The number of fused-ring (bicyclic) bond motifs is 2. The summed E-state index contributed by atoms with van der Waals surface area (Å²) in [7, 11) is 0. The molecule has 2 atom stereocenters. The van der Waals surface area contributed by atoms with Gasteiger partial charge in [-0.05, 0) is 43.4 Å². The zero-order valence-electron chi connectivity index (χ0n) is 18.0. The van der Waals surface area contributed by atoms with E-state index in [1.165, 1.54) is 12.0 Å². The van der Waals surface area contributed by atoms with E-state index in [2.05, 4.69) is 35.8 Å². The van der Waals surface area contributed by atoms with Gasteiger partial charge >= 0.3 is 0 Å². The molecule has 3 rings (SSSR count). The Kier molecular flexibility index (Phi) is 7.05. The van der Waals surface area contributed by atoms with Crippen molar-refractivity contribution in [3.8, 4) is 0 Å². The smallest absolute Gasteiger partial charge is 0.165 e. The zero-order chi connectivity index (χ0) is 20.3. The number of ketones is 2. The van der Waals surface area contributed by atoms with E-state index in [0.29, 0.717) is 36.8 Å². The summed E-state index contributed by atoms with van der Waals surface area (Å²) in [6, 6.07) is 9.32. The van der Waals surface area contributed by atoms with Crippen molar-refractivity contribution in [2.75, 3.05) is 26.2 Å². The minimum Gasteiger partial charge on any atom is -0.298 e. The minimum atomic E-state index is 0.0470. The lowest BCUT2D eigenvalue weighted by Gasteiger charge is -2.34. The van der Waals surface area contributed by atoms with E-state index in [1.807, 2.05) is 26.0 Å². The van der Waals surface area contributed by atoms with Crippen molar-refractivity contribution in [1.82, 2.24) is 9.80 Å². The van der Waals surface area contributed by atoms with Gasteiger partial charge in [-0.15, -0.1) is 0 Å². The first-order valence-electron chi connectivity index (χ1n) is 11.0. The van der Waals surface area contributed by atoms with Crippen LogP contribution in [0.3, 0.4) is 0 Å². The van der Waals surface area contributed by atoms with Crippen LogP contribution < -0.4 is 0 Å². The normalized spacial score (nSPS) is 22.5. The number of piperazine rings is 1. The summed E-state index contributed by atoms with van der Waals surface area (Å²) >= 11 is 0. The molecule has 0 radical (unpaired) electrons. The second-order valence-corrected chi connectivity index (χ2v) is 9.43. The average Bonchev–Trinajstić information content (AvgIpc) is 3.20. The lowest BCUT2D eigenvalue weighted by molar-refractivity contribution is -0.121. The van der Waals surface area contributed by atoms with Crippen LogP contribution in [0.15, 0.2) is 24.3 Å². The third kappa shape index (κ3) is 5.30. The second-order valence-electron chi connectivity index (χ2n) is 9.43. The zero-order valence-corrected chi connectivity index (χ0v) is 18.0. The molecule has 2 aliphatic rings. The molecule has 2 saturated heterocycles. The quantitative estimate of drug-likeness (QED) is 0.575. The number of benzene rings is 1. The maximum atomic E-state index is 12.2. The number of aryl methyl sites for hydroxylation is 1. The molecule has 0 aliphatic carbocycles. The number of carbonyl (C=O) groups is 2. The van der Waals surface area contributed by atoms with Gasteiger partial charge in [0.15, 0.2) is 5.78 Å². The van der Waals surface area contributed by atoms with Gasteiger partial charge in [-0.2, -0.15) is 0 Å². The van der Waals surface area contributed by atoms with Gasteiger partial charge in [0.1, 0.15) is 5.78 Å². The van der Waals surface area contributed by atoms with Crippen LogP contribution in [0.4, 0.5) is 0 Å². The molecule has 1 aromatic carbocycles. The summed E-state index contributed by atoms with van der Waals surface area (Å²) < 4.78 is 0. The van der Waals surface area contributed by atoms with Crippen LogP contribution in [-0.4, -0.2) is 59.6 Å². The molecule has 2 bridgehead atoms. The molecule has 0 saturated carbocycles. The molecule has 4 heteroatoms. The standard InChI is InChI=1S/C24H36N2O2/c1-17(2)11-23(27)16-26-15-21-13-22(26)14-25(21)10-6-8-19-7-5-9-20(12-19)24(28)18(3)4/h5,7,9,12,17-18,21-22H,6,8,10-11,13-16H2,1-4H3/t21-,22-/m0/s1. The van der Waals surface area contributed by atoms with Gasteiger partial charge in [0.25, 0.3) is 0 Å². The molecular formula is C24H36N2O2. The van der Waals surface area contributed by atoms with Crippen LogP contribution in [-0.2, 0) is 11.2 Å². The van der Waals surface area contributed by atoms with E-state index in [0.717, 1.165) is 38.0 Å². The van der Waals surface area contributed by atoms with Crippen LogP contribution in [0.2, 0.25) is 0 Å². The largest absolute Gasteiger partial charge is 0.298 e. The van der Waals surface area contributed by atoms with E-state index >= 15 is 0 Å². The lowest BCUT2D eigenvalue weighted by Crippen LogP contribution is -2.48.